The fourth-order valence-corrected chi connectivity index (χ4v) is 2.59. The first kappa shape index (κ1) is 16.4. The molecule has 3 aromatic rings. The van der Waals surface area contributed by atoms with Gasteiger partial charge in [-0.1, -0.05) is 48.5 Å². The van der Waals surface area contributed by atoms with E-state index in [1.807, 2.05) is 42.5 Å². The Balaban J connectivity index is 1.82. The third kappa shape index (κ3) is 3.72. The Bertz CT molecular complexity index is 988. The quantitative estimate of drug-likeness (QED) is 0.427. The number of carbonyl (C=O) groups excluding carboxylic acids is 1. The molecule has 0 radical (unpaired) electrons. The van der Waals surface area contributed by atoms with E-state index in [1.54, 1.807) is 19.1 Å². The average Bonchev–Trinajstić information content (AvgIpc) is 2.61. The number of amides is 1. The molecule has 1 N–H and O–H groups in total. The summed E-state index contributed by atoms with van der Waals surface area (Å²) < 4.78 is 0. The minimum Gasteiger partial charge on any atom is -0.322 e. The van der Waals surface area contributed by atoms with Crippen molar-refractivity contribution in [3.05, 3.63) is 88.0 Å². The van der Waals surface area contributed by atoms with Gasteiger partial charge in [0.25, 0.3) is 5.69 Å². The smallest absolute Gasteiger partial charge is 0.271 e. The van der Waals surface area contributed by atoms with Crippen LogP contribution in [0.4, 0.5) is 11.4 Å². The zero-order valence-electron chi connectivity index (χ0n) is 13.6. The molecule has 3 rings (SSSR count). The van der Waals surface area contributed by atoms with Gasteiger partial charge in [-0.25, -0.2) is 0 Å². The van der Waals surface area contributed by atoms with Gasteiger partial charge < -0.3 is 5.32 Å². The van der Waals surface area contributed by atoms with E-state index in [1.165, 1.54) is 18.2 Å². The number of carbonyl (C=O) groups is 1. The van der Waals surface area contributed by atoms with Gasteiger partial charge in [0.15, 0.2) is 0 Å². The first-order valence-electron chi connectivity index (χ1n) is 7.76. The maximum absolute atomic E-state index is 12.2. The molecule has 5 nitrogen and oxygen atoms in total. The Labute approximate surface area is 144 Å². The number of hydrogen-bond donors (Lipinski definition) is 1. The Morgan fingerprint density at radius 1 is 1.08 bits per heavy atom. The summed E-state index contributed by atoms with van der Waals surface area (Å²) in [6, 6.07) is 18.2. The summed E-state index contributed by atoms with van der Waals surface area (Å²) in [4.78, 5) is 22.6. The highest BCUT2D eigenvalue weighted by atomic mass is 16.6. The number of non-ortho nitro benzene ring substituents is 1. The predicted molar refractivity (Wildman–Crippen MR) is 99.4 cm³/mol. The van der Waals surface area contributed by atoms with E-state index in [0.717, 1.165) is 21.9 Å². The number of anilines is 1. The third-order valence-electron chi connectivity index (χ3n) is 3.93. The molecule has 0 saturated carbocycles. The normalized spacial score (nSPS) is 10.9. The van der Waals surface area contributed by atoms with Crippen LogP contribution in [0.3, 0.4) is 0 Å². The SMILES string of the molecule is Cc1ccc([N+](=O)[O-])cc1NC(=O)/C=C/c1cccc2ccccc12. The second kappa shape index (κ2) is 6.97. The van der Waals surface area contributed by atoms with Crippen molar-refractivity contribution >= 4 is 34.1 Å². The summed E-state index contributed by atoms with van der Waals surface area (Å²) in [7, 11) is 0. The van der Waals surface area contributed by atoms with Crippen molar-refractivity contribution in [3.63, 3.8) is 0 Å². The van der Waals surface area contributed by atoms with Crippen molar-refractivity contribution in [3.8, 4) is 0 Å². The molecular weight excluding hydrogens is 316 g/mol. The van der Waals surface area contributed by atoms with E-state index in [0.29, 0.717) is 5.69 Å². The number of nitro benzene ring substituents is 1. The number of hydrogen-bond acceptors (Lipinski definition) is 3. The van der Waals surface area contributed by atoms with E-state index in [2.05, 4.69) is 5.32 Å². The number of aryl methyl sites for hydroxylation is 1. The van der Waals surface area contributed by atoms with Crippen LogP contribution in [0.5, 0.6) is 0 Å². The van der Waals surface area contributed by atoms with Gasteiger partial charge >= 0.3 is 0 Å². The Hall–Kier alpha value is -3.47. The second-order valence-electron chi connectivity index (χ2n) is 5.65. The Morgan fingerprint density at radius 2 is 1.84 bits per heavy atom. The van der Waals surface area contributed by atoms with Crippen molar-refractivity contribution in [1.29, 1.82) is 0 Å². The van der Waals surface area contributed by atoms with Crippen LogP contribution in [0.1, 0.15) is 11.1 Å². The van der Waals surface area contributed by atoms with E-state index in [4.69, 9.17) is 0 Å². The molecule has 0 saturated heterocycles. The van der Waals surface area contributed by atoms with Crippen molar-refractivity contribution in [1.82, 2.24) is 0 Å². The summed E-state index contributed by atoms with van der Waals surface area (Å²) in [6.07, 6.45) is 3.17. The first-order valence-corrected chi connectivity index (χ1v) is 7.76. The van der Waals surface area contributed by atoms with Crippen LogP contribution in [0.25, 0.3) is 16.8 Å². The van der Waals surface area contributed by atoms with Gasteiger partial charge in [-0.2, -0.15) is 0 Å². The minimum atomic E-state index is -0.485. The fourth-order valence-electron chi connectivity index (χ4n) is 2.59. The molecule has 0 aliphatic heterocycles. The summed E-state index contributed by atoms with van der Waals surface area (Å²) in [5.74, 6) is -0.337. The molecule has 0 aliphatic rings. The number of fused-ring (bicyclic) bond motifs is 1. The van der Waals surface area contributed by atoms with Gasteiger partial charge in [0.2, 0.25) is 5.91 Å². The molecule has 5 heteroatoms. The largest absolute Gasteiger partial charge is 0.322 e. The van der Waals surface area contributed by atoms with Gasteiger partial charge in [-0.15, -0.1) is 0 Å². The summed E-state index contributed by atoms with van der Waals surface area (Å²) in [5.41, 5.74) is 2.07. The van der Waals surface area contributed by atoms with Gasteiger partial charge in [0.1, 0.15) is 0 Å². The van der Waals surface area contributed by atoms with E-state index in [9.17, 15) is 14.9 Å². The van der Waals surface area contributed by atoms with Crippen LogP contribution >= 0.6 is 0 Å². The standard InChI is InChI=1S/C20H16N2O3/c1-14-9-11-17(22(24)25)13-19(14)21-20(23)12-10-16-7-4-6-15-5-2-3-8-18(15)16/h2-13H,1H3,(H,21,23)/b12-10+. The first-order chi connectivity index (χ1) is 12.0. The molecule has 0 unspecified atom stereocenters. The molecule has 1 amide bonds. The van der Waals surface area contributed by atoms with Crippen LogP contribution in [-0.4, -0.2) is 10.8 Å². The lowest BCUT2D eigenvalue weighted by atomic mass is 10.0. The highest BCUT2D eigenvalue weighted by Crippen LogP contribution is 2.22. The highest BCUT2D eigenvalue weighted by molar-refractivity contribution is 6.04. The molecular formula is C20H16N2O3. The van der Waals surface area contributed by atoms with Gasteiger partial charge in [0.05, 0.1) is 10.6 Å². The number of nitrogens with zero attached hydrogens (tertiary/aromatic N) is 1. The minimum absolute atomic E-state index is 0.0565. The number of benzene rings is 3. The van der Waals surface area contributed by atoms with Crippen molar-refractivity contribution < 1.29 is 9.72 Å². The molecule has 25 heavy (non-hydrogen) atoms. The molecule has 0 atom stereocenters. The fraction of sp³-hybridized carbons (Fsp3) is 0.0500. The zero-order valence-corrected chi connectivity index (χ0v) is 13.6. The molecule has 0 spiro atoms. The van der Waals surface area contributed by atoms with Crippen LogP contribution in [0.15, 0.2) is 66.7 Å². The summed E-state index contributed by atoms with van der Waals surface area (Å²) in [6.45, 7) is 1.79. The topological polar surface area (TPSA) is 72.2 Å². The number of nitro groups is 1. The third-order valence-corrected chi connectivity index (χ3v) is 3.93. The lowest BCUT2D eigenvalue weighted by Crippen LogP contribution is -2.09. The average molecular weight is 332 g/mol. The molecule has 124 valence electrons. The monoisotopic (exact) mass is 332 g/mol. The maximum Gasteiger partial charge on any atom is 0.271 e. The molecule has 0 bridgehead atoms. The van der Waals surface area contributed by atoms with Crippen LogP contribution in [0, 0.1) is 17.0 Å². The molecule has 0 heterocycles. The number of nitrogens with one attached hydrogen (secondary N) is 1. The second-order valence-corrected chi connectivity index (χ2v) is 5.65. The molecule has 0 aliphatic carbocycles. The van der Waals surface area contributed by atoms with Crippen LogP contribution in [0.2, 0.25) is 0 Å². The zero-order chi connectivity index (χ0) is 17.8. The lowest BCUT2D eigenvalue weighted by Gasteiger charge is -2.06. The molecule has 3 aromatic carbocycles. The molecule has 0 aromatic heterocycles. The Kier molecular flexibility index (Phi) is 4.57. The van der Waals surface area contributed by atoms with Crippen LogP contribution in [-0.2, 0) is 4.79 Å². The van der Waals surface area contributed by atoms with Crippen molar-refractivity contribution in [2.24, 2.45) is 0 Å². The molecule has 0 fully saturated rings. The van der Waals surface area contributed by atoms with E-state index >= 15 is 0 Å². The van der Waals surface area contributed by atoms with Gasteiger partial charge in [0, 0.05) is 18.2 Å². The van der Waals surface area contributed by atoms with Crippen molar-refractivity contribution in [2.45, 2.75) is 6.92 Å². The van der Waals surface area contributed by atoms with Gasteiger partial charge in [-0.3, -0.25) is 14.9 Å². The Morgan fingerprint density at radius 3 is 2.64 bits per heavy atom. The van der Waals surface area contributed by atoms with E-state index in [-0.39, 0.29) is 11.6 Å². The van der Waals surface area contributed by atoms with Crippen molar-refractivity contribution in [2.75, 3.05) is 5.32 Å². The summed E-state index contributed by atoms with van der Waals surface area (Å²) in [5, 5.41) is 15.7. The van der Waals surface area contributed by atoms with Crippen LogP contribution < -0.4 is 5.32 Å². The summed E-state index contributed by atoms with van der Waals surface area (Å²) >= 11 is 0. The lowest BCUT2D eigenvalue weighted by molar-refractivity contribution is -0.384. The van der Waals surface area contributed by atoms with E-state index < -0.39 is 4.92 Å². The highest BCUT2D eigenvalue weighted by Gasteiger charge is 2.10. The number of rotatable bonds is 4. The maximum atomic E-state index is 12.2. The van der Waals surface area contributed by atoms with Gasteiger partial charge in [-0.05, 0) is 34.9 Å². The predicted octanol–water partition coefficient (Wildman–Crippen LogP) is 4.71.